The number of carbonyl (C=O) groups is 5. The summed E-state index contributed by atoms with van der Waals surface area (Å²) in [6, 6.07) is -4.25. The highest BCUT2D eigenvalue weighted by molar-refractivity contribution is 7.86. The number of Topliss-reactive ketones (excluding diaryl/α,β-unsaturated/α-hetero) is 1. The standard InChI is InChI=1S/C31H55N7O7S/c1-29(2,3)20(16-37(11)46(44,45)36(9)10)34-28(43)35-24(30(4,5)6)27(42)38-15-18-21(31(18,7)8)22(38)26(41)33-19(14-17-12-13-17)23(39)25(32)40/h17-22,24H,12-16H2,1-11H3,(H2,32,40)(H,33,41)(H2,34,35,43)/t18-,19+,20+,21-,22-,24+/m0/s1. The molecule has 2 aliphatic carbocycles. The normalized spacial score (nSPS) is 24.5. The van der Waals surface area contributed by atoms with Crippen LogP contribution in [0.15, 0.2) is 0 Å². The molecule has 0 aromatic heterocycles. The third-order valence-corrected chi connectivity index (χ3v) is 11.8. The summed E-state index contributed by atoms with van der Waals surface area (Å²) in [6.45, 7) is 15.4. The van der Waals surface area contributed by atoms with Gasteiger partial charge in [0, 0.05) is 40.3 Å². The Bertz CT molecular complexity index is 1330. The van der Waals surface area contributed by atoms with E-state index >= 15 is 0 Å². The molecule has 2 saturated carbocycles. The number of fused-ring (bicyclic) bond motifs is 1. The minimum absolute atomic E-state index is 0.00950. The van der Waals surface area contributed by atoms with Crippen LogP contribution in [-0.4, -0.2) is 110 Å². The smallest absolute Gasteiger partial charge is 0.315 e. The van der Waals surface area contributed by atoms with Gasteiger partial charge in [0.2, 0.25) is 17.6 Å². The maximum absolute atomic E-state index is 14.3. The maximum atomic E-state index is 14.3. The number of primary amides is 1. The lowest BCUT2D eigenvalue weighted by Gasteiger charge is -2.39. The quantitative estimate of drug-likeness (QED) is 0.207. The van der Waals surface area contributed by atoms with Crippen LogP contribution < -0.4 is 21.7 Å². The Labute approximate surface area is 274 Å². The predicted octanol–water partition coefficient (Wildman–Crippen LogP) is 0.676. The molecule has 3 rings (SSSR count). The molecule has 5 N–H and O–H groups in total. The number of likely N-dealkylation sites (tertiary alicyclic amines) is 1. The Morgan fingerprint density at radius 3 is 1.96 bits per heavy atom. The van der Waals surface area contributed by atoms with Gasteiger partial charge in [0.15, 0.2) is 0 Å². The molecule has 262 valence electrons. The van der Waals surface area contributed by atoms with Crippen LogP contribution in [0.3, 0.4) is 0 Å². The van der Waals surface area contributed by atoms with E-state index < -0.39 is 74.7 Å². The monoisotopic (exact) mass is 669 g/mol. The molecule has 0 aromatic carbocycles. The van der Waals surface area contributed by atoms with Gasteiger partial charge in [0.05, 0.1) is 6.04 Å². The minimum Gasteiger partial charge on any atom is -0.363 e. The summed E-state index contributed by atoms with van der Waals surface area (Å²) >= 11 is 0. The molecule has 3 aliphatic rings. The molecular weight excluding hydrogens is 614 g/mol. The van der Waals surface area contributed by atoms with Gasteiger partial charge in [-0.3, -0.25) is 19.2 Å². The van der Waals surface area contributed by atoms with Crippen LogP contribution in [0.25, 0.3) is 0 Å². The Morgan fingerprint density at radius 1 is 0.935 bits per heavy atom. The highest BCUT2D eigenvalue weighted by atomic mass is 32.2. The third kappa shape index (κ3) is 8.19. The number of ketones is 1. The zero-order chi connectivity index (χ0) is 35.3. The minimum atomic E-state index is -3.74. The van der Waals surface area contributed by atoms with Crippen LogP contribution in [0.1, 0.15) is 74.7 Å². The fourth-order valence-electron chi connectivity index (χ4n) is 6.47. The van der Waals surface area contributed by atoms with Crippen LogP contribution in [-0.2, 0) is 29.4 Å². The molecule has 0 aromatic rings. The number of hydrogen-bond donors (Lipinski definition) is 4. The van der Waals surface area contributed by atoms with Crippen molar-refractivity contribution in [1.29, 1.82) is 0 Å². The molecule has 3 fully saturated rings. The highest BCUT2D eigenvalue weighted by Gasteiger charge is 2.70. The molecule has 15 heteroatoms. The van der Waals surface area contributed by atoms with E-state index in [4.69, 9.17) is 5.73 Å². The van der Waals surface area contributed by atoms with Gasteiger partial charge >= 0.3 is 6.03 Å². The van der Waals surface area contributed by atoms with Crippen molar-refractivity contribution in [3.05, 3.63) is 0 Å². The molecule has 0 radical (unpaired) electrons. The number of rotatable bonds is 13. The van der Waals surface area contributed by atoms with Crippen molar-refractivity contribution < 1.29 is 32.4 Å². The lowest BCUT2D eigenvalue weighted by atomic mass is 9.85. The molecule has 0 spiro atoms. The molecule has 46 heavy (non-hydrogen) atoms. The average Bonchev–Trinajstić information content (AvgIpc) is 3.76. The lowest BCUT2D eigenvalue weighted by Crippen LogP contribution is -2.62. The highest BCUT2D eigenvalue weighted by Crippen LogP contribution is 2.65. The predicted molar refractivity (Wildman–Crippen MR) is 173 cm³/mol. The molecule has 0 bridgehead atoms. The fourth-order valence-corrected chi connectivity index (χ4v) is 7.37. The van der Waals surface area contributed by atoms with Crippen LogP contribution in [0, 0.1) is 34.0 Å². The van der Waals surface area contributed by atoms with Crippen molar-refractivity contribution in [2.45, 2.75) is 98.8 Å². The first-order chi connectivity index (χ1) is 20.8. The first kappa shape index (κ1) is 37.7. The van der Waals surface area contributed by atoms with Gasteiger partial charge in [-0.15, -0.1) is 0 Å². The summed E-state index contributed by atoms with van der Waals surface area (Å²) < 4.78 is 27.6. The number of carbonyl (C=O) groups excluding carboxylic acids is 5. The van der Waals surface area contributed by atoms with E-state index in [-0.39, 0.29) is 29.7 Å². The van der Waals surface area contributed by atoms with Crippen LogP contribution in [0.2, 0.25) is 0 Å². The number of hydrogen-bond acceptors (Lipinski definition) is 7. The Morgan fingerprint density at radius 2 is 1.50 bits per heavy atom. The summed E-state index contributed by atoms with van der Waals surface area (Å²) in [5.41, 5.74) is 3.77. The van der Waals surface area contributed by atoms with Gasteiger partial charge in [-0.25, -0.2) is 4.79 Å². The zero-order valence-corrected chi connectivity index (χ0v) is 30.1. The summed E-state index contributed by atoms with van der Waals surface area (Å²) in [6.07, 6.45) is 2.13. The summed E-state index contributed by atoms with van der Waals surface area (Å²) in [5.74, 6) is -2.80. The lowest BCUT2D eigenvalue weighted by molar-refractivity contribution is -0.145. The van der Waals surface area contributed by atoms with E-state index in [9.17, 15) is 32.4 Å². The molecule has 1 aliphatic heterocycles. The molecule has 6 atom stereocenters. The van der Waals surface area contributed by atoms with Gasteiger partial charge in [-0.2, -0.15) is 17.0 Å². The van der Waals surface area contributed by atoms with Gasteiger partial charge in [0.25, 0.3) is 16.1 Å². The second kappa shape index (κ2) is 13.0. The fraction of sp³-hybridized carbons (Fsp3) is 0.839. The number of urea groups is 1. The number of nitrogens with two attached hydrogens (primary N) is 1. The molecule has 1 heterocycles. The second-order valence-corrected chi connectivity index (χ2v) is 18.5. The summed E-state index contributed by atoms with van der Waals surface area (Å²) in [7, 11) is 0.557. The van der Waals surface area contributed by atoms with Gasteiger partial charge in [0.1, 0.15) is 12.1 Å². The van der Waals surface area contributed by atoms with E-state index in [1.165, 1.54) is 26.0 Å². The van der Waals surface area contributed by atoms with Crippen LogP contribution in [0.4, 0.5) is 4.79 Å². The van der Waals surface area contributed by atoms with Crippen molar-refractivity contribution in [2.75, 3.05) is 34.2 Å². The number of likely N-dealkylation sites (N-methyl/N-ethyl adjacent to an activating group) is 1. The van der Waals surface area contributed by atoms with E-state index in [0.29, 0.717) is 13.0 Å². The van der Waals surface area contributed by atoms with Crippen molar-refractivity contribution in [2.24, 2.45) is 39.7 Å². The Balaban J connectivity index is 1.83. The van der Waals surface area contributed by atoms with Crippen molar-refractivity contribution in [3.8, 4) is 0 Å². The van der Waals surface area contributed by atoms with Crippen molar-refractivity contribution >= 4 is 39.7 Å². The molecular formula is C31H55N7O7S. The largest absolute Gasteiger partial charge is 0.363 e. The number of piperidine rings is 1. The SMILES string of the molecule is CN(C)S(=O)(=O)N(C)C[C@@H](NC(=O)N[C@H](C(=O)N1C[C@H]2[C@@H]([C@H]1C(=O)N[C@H](CC1CC1)C(=O)C(N)=O)C2(C)C)C(C)(C)C)C(C)(C)C. The zero-order valence-electron chi connectivity index (χ0n) is 29.3. The van der Waals surface area contributed by atoms with Crippen LogP contribution in [0.5, 0.6) is 0 Å². The summed E-state index contributed by atoms with van der Waals surface area (Å²) in [4.78, 5) is 67.5. The molecule has 5 amide bonds. The topological polar surface area (TPSA) is 191 Å². The summed E-state index contributed by atoms with van der Waals surface area (Å²) in [5, 5.41) is 8.45. The number of nitrogens with zero attached hydrogens (tertiary/aromatic N) is 3. The molecule has 14 nitrogen and oxygen atoms in total. The third-order valence-electron chi connectivity index (χ3n) is 9.94. The van der Waals surface area contributed by atoms with Gasteiger partial charge in [-0.05, 0) is 40.4 Å². The molecule has 1 saturated heterocycles. The van der Waals surface area contributed by atoms with Gasteiger partial charge < -0.3 is 26.6 Å². The Hall–Kier alpha value is -2.78. The Kier molecular flexibility index (Phi) is 10.7. The number of amides is 5. The maximum Gasteiger partial charge on any atom is 0.315 e. The average molecular weight is 670 g/mol. The van der Waals surface area contributed by atoms with Crippen molar-refractivity contribution in [3.63, 3.8) is 0 Å². The van der Waals surface area contributed by atoms with E-state index in [1.807, 2.05) is 55.4 Å². The van der Waals surface area contributed by atoms with Crippen LogP contribution >= 0.6 is 0 Å². The van der Waals surface area contributed by atoms with Gasteiger partial charge in [-0.1, -0.05) is 68.2 Å². The van der Waals surface area contributed by atoms with E-state index in [1.54, 1.807) is 0 Å². The van der Waals surface area contributed by atoms with E-state index in [0.717, 1.165) is 21.5 Å². The number of nitrogens with one attached hydrogen (secondary N) is 3. The first-order valence-electron chi connectivity index (χ1n) is 16.0. The molecule has 0 unspecified atom stereocenters. The first-order valence-corrected chi connectivity index (χ1v) is 17.4. The van der Waals surface area contributed by atoms with E-state index in [2.05, 4.69) is 16.0 Å². The second-order valence-electron chi connectivity index (χ2n) is 16.3. The van der Waals surface area contributed by atoms with Crippen molar-refractivity contribution in [1.82, 2.24) is 29.5 Å².